The van der Waals surface area contributed by atoms with E-state index in [9.17, 15) is 25.2 Å². The van der Waals surface area contributed by atoms with Crippen molar-refractivity contribution >= 4 is 5.91 Å². The van der Waals surface area contributed by atoms with Gasteiger partial charge in [-0.1, -0.05) is 224 Å². The zero-order valence-corrected chi connectivity index (χ0v) is 36.7. The van der Waals surface area contributed by atoms with Gasteiger partial charge in [-0.05, 0) is 51.4 Å². The Morgan fingerprint density at radius 1 is 0.436 bits per heavy atom. The first-order valence-corrected chi connectivity index (χ1v) is 24.2. The summed E-state index contributed by atoms with van der Waals surface area (Å²) in [5.74, 6) is -0.594. The first kappa shape index (κ1) is 53.8. The maximum atomic E-state index is 12.5. The number of carbonyl (C=O) groups excluding carboxylic acids is 1. The van der Waals surface area contributed by atoms with Crippen molar-refractivity contribution in [3.63, 3.8) is 0 Å². The molecule has 0 radical (unpaired) electrons. The van der Waals surface area contributed by atoms with E-state index in [-0.39, 0.29) is 0 Å². The maximum absolute atomic E-state index is 12.5. The molecule has 4 atom stereocenters. The highest BCUT2D eigenvalue weighted by atomic mass is 16.3. The average molecular weight is 778 g/mol. The number of rotatable bonds is 44. The van der Waals surface area contributed by atoms with Crippen LogP contribution >= 0.6 is 0 Å². The molecule has 0 aromatic rings. The third-order valence-corrected chi connectivity index (χ3v) is 11.4. The van der Waals surface area contributed by atoms with Gasteiger partial charge >= 0.3 is 0 Å². The summed E-state index contributed by atoms with van der Waals surface area (Å²) < 4.78 is 0. The van der Waals surface area contributed by atoms with Crippen LogP contribution in [-0.4, -0.2) is 57.3 Å². The van der Waals surface area contributed by atoms with Crippen molar-refractivity contribution in [1.82, 2.24) is 5.32 Å². The fraction of sp³-hybridized carbons (Fsp3) is 0.898. The van der Waals surface area contributed by atoms with Crippen LogP contribution < -0.4 is 5.32 Å². The van der Waals surface area contributed by atoms with Crippen molar-refractivity contribution in [3.05, 3.63) is 24.3 Å². The molecule has 6 nitrogen and oxygen atoms in total. The molecule has 0 aliphatic carbocycles. The Morgan fingerprint density at radius 3 is 1.15 bits per heavy atom. The van der Waals surface area contributed by atoms with E-state index in [1.165, 1.54) is 180 Å². The Kier molecular flexibility index (Phi) is 42.9. The highest BCUT2D eigenvalue weighted by molar-refractivity contribution is 5.80. The first-order chi connectivity index (χ1) is 27.0. The Balaban J connectivity index is 3.70. The maximum Gasteiger partial charge on any atom is 0.249 e. The standard InChI is InChI=1S/C49H95NO5/c1-3-5-7-9-11-13-15-17-19-21-22-23-24-25-26-27-29-31-33-35-37-39-41-43-47(53)49(55)50-45(44-51)48(54)46(52)42-40-38-36-34-32-30-28-20-18-16-14-12-10-8-6-4-2/h20,28,34,36,45-48,51-54H,3-19,21-27,29-33,35,37-44H2,1-2H3,(H,50,55)/b28-20+,36-34+. The Bertz CT molecular complexity index is 832. The van der Waals surface area contributed by atoms with Gasteiger partial charge in [0.25, 0.3) is 0 Å². The van der Waals surface area contributed by atoms with Gasteiger partial charge < -0.3 is 25.7 Å². The topological polar surface area (TPSA) is 110 Å². The van der Waals surface area contributed by atoms with Gasteiger partial charge in [0.2, 0.25) is 5.91 Å². The monoisotopic (exact) mass is 778 g/mol. The molecular formula is C49H95NO5. The van der Waals surface area contributed by atoms with E-state index < -0.39 is 36.9 Å². The van der Waals surface area contributed by atoms with Crippen LogP contribution in [0.4, 0.5) is 0 Å². The number of aliphatic hydroxyl groups excluding tert-OH is 4. The minimum atomic E-state index is -1.29. The molecular weight excluding hydrogens is 683 g/mol. The fourth-order valence-electron chi connectivity index (χ4n) is 7.54. The molecule has 0 aliphatic rings. The van der Waals surface area contributed by atoms with Crippen molar-refractivity contribution in [2.75, 3.05) is 6.61 Å². The summed E-state index contributed by atoms with van der Waals surface area (Å²) in [5.41, 5.74) is 0. The van der Waals surface area contributed by atoms with Gasteiger partial charge in [-0.25, -0.2) is 0 Å². The molecule has 0 saturated carbocycles. The molecule has 55 heavy (non-hydrogen) atoms. The molecule has 0 heterocycles. The zero-order valence-electron chi connectivity index (χ0n) is 36.7. The molecule has 326 valence electrons. The summed E-state index contributed by atoms with van der Waals surface area (Å²) in [6.07, 6.45) is 50.8. The second-order valence-electron chi connectivity index (χ2n) is 16.8. The van der Waals surface area contributed by atoms with Crippen LogP contribution in [0.2, 0.25) is 0 Å². The lowest BCUT2D eigenvalue weighted by atomic mass is 10.00. The number of amides is 1. The third kappa shape index (κ3) is 38.1. The van der Waals surface area contributed by atoms with Gasteiger partial charge in [0.15, 0.2) is 0 Å². The number of nitrogens with one attached hydrogen (secondary N) is 1. The third-order valence-electron chi connectivity index (χ3n) is 11.4. The van der Waals surface area contributed by atoms with Gasteiger partial charge in [-0.2, -0.15) is 0 Å². The van der Waals surface area contributed by atoms with E-state index in [0.29, 0.717) is 19.3 Å². The lowest BCUT2D eigenvalue weighted by Crippen LogP contribution is -2.53. The second-order valence-corrected chi connectivity index (χ2v) is 16.8. The number of carbonyl (C=O) groups is 1. The first-order valence-electron chi connectivity index (χ1n) is 24.2. The molecule has 0 rings (SSSR count). The molecule has 0 bridgehead atoms. The van der Waals surface area contributed by atoms with Gasteiger partial charge in [0, 0.05) is 0 Å². The molecule has 0 aromatic carbocycles. The molecule has 1 amide bonds. The minimum Gasteiger partial charge on any atom is -0.394 e. The van der Waals surface area contributed by atoms with E-state index in [0.717, 1.165) is 38.5 Å². The van der Waals surface area contributed by atoms with E-state index in [1.807, 2.05) is 0 Å². The molecule has 5 N–H and O–H groups in total. The summed E-state index contributed by atoms with van der Waals surface area (Å²) in [5, 5.41) is 43.7. The molecule has 6 heteroatoms. The number of unbranched alkanes of at least 4 members (excludes halogenated alkanes) is 31. The van der Waals surface area contributed by atoms with E-state index in [1.54, 1.807) is 0 Å². The van der Waals surface area contributed by atoms with Gasteiger partial charge in [0.05, 0.1) is 18.8 Å². The van der Waals surface area contributed by atoms with Crippen molar-refractivity contribution in [2.45, 2.75) is 276 Å². The van der Waals surface area contributed by atoms with Crippen molar-refractivity contribution in [2.24, 2.45) is 0 Å². The van der Waals surface area contributed by atoms with Crippen LogP contribution in [0.1, 0.15) is 251 Å². The van der Waals surface area contributed by atoms with Crippen LogP contribution in [0.15, 0.2) is 24.3 Å². The molecule has 0 aliphatic heterocycles. The van der Waals surface area contributed by atoms with Crippen LogP contribution in [0.3, 0.4) is 0 Å². The normalized spacial score (nSPS) is 14.2. The van der Waals surface area contributed by atoms with Crippen molar-refractivity contribution in [1.29, 1.82) is 0 Å². The Morgan fingerprint density at radius 2 is 0.764 bits per heavy atom. The predicted molar refractivity (Wildman–Crippen MR) is 237 cm³/mol. The summed E-state index contributed by atoms with van der Waals surface area (Å²) in [6, 6.07) is -1.00. The molecule has 0 saturated heterocycles. The smallest absolute Gasteiger partial charge is 0.249 e. The minimum absolute atomic E-state index is 0.364. The average Bonchev–Trinajstić information content (AvgIpc) is 3.19. The van der Waals surface area contributed by atoms with Crippen LogP contribution in [0.5, 0.6) is 0 Å². The van der Waals surface area contributed by atoms with Gasteiger partial charge in [-0.15, -0.1) is 0 Å². The molecule has 4 unspecified atom stereocenters. The van der Waals surface area contributed by atoms with E-state index >= 15 is 0 Å². The highest BCUT2D eigenvalue weighted by Gasteiger charge is 2.28. The number of aliphatic hydroxyl groups is 4. The Hall–Kier alpha value is -1.21. The molecule has 0 spiro atoms. The number of hydrogen-bond acceptors (Lipinski definition) is 5. The van der Waals surface area contributed by atoms with Crippen molar-refractivity contribution in [3.8, 4) is 0 Å². The van der Waals surface area contributed by atoms with Crippen LogP contribution in [0.25, 0.3) is 0 Å². The lowest BCUT2D eigenvalue weighted by Gasteiger charge is -2.27. The second kappa shape index (κ2) is 43.9. The Labute approximate surface area is 342 Å². The van der Waals surface area contributed by atoms with Gasteiger partial charge in [0.1, 0.15) is 12.2 Å². The fourth-order valence-corrected chi connectivity index (χ4v) is 7.54. The number of hydrogen-bond donors (Lipinski definition) is 5. The van der Waals surface area contributed by atoms with E-state index in [4.69, 9.17) is 0 Å². The quantitative estimate of drug-likeness (QED) is 0.0313. The summed E-state index contributed by atoms with van der Waals surface area (Å²) >= 11 is 0. The lowest BCUT2D eigenvalue weighted by molar-refractivity contribution is -0.132. The van der Waals surface area contributed by atoms with Crippen LogP contribution in [-0.2, 0) is 4.79 Å². The zero-order chi connectivity index (χ0) is 40.3. The molecule has 0 fully saturated rings. The van der Waals surface area contributed by atoms with Gasteiger partial charge in [-0.3, -0.25) is 4.79 Å². The molecule has 0 aromatic heterocycles. The predicted octanol–water partition coefficient (Wildman–Crippen LogP) is 13.1. The summed E-state index contributed by atoms with van der Waals surface area (Å²) in [4.78, 5) is 12.5. The highest BCUT2D eigenvalue weighted by Crippen LogP contribution is 2.17. The van der Waals surface area contributed by atoms with E-state index in [2.05, 4.69) is 43.5 Å². The van der Waals surface area contributed by atoms with Crippen molar-refractivity contribution < 1.29 is 25.2 Å². The largest absolute Gasteiger partial charge is 0.394 e. The van der Waals surface area contributed by atoms with Crippen LogP contribution in [0, 0.1) is 0 Å². The number of allylic oxidation sites excluding steroid dienone is 4. The SMILES string of the molecule is CCCCCCCCC/C=C/CC/C=C/CCCC(O)C(O)C(CO)NC(=O)C(O)CCCCCCCCCCCCCCCCCCCCCCCCC. The summed E-state index contributed by atoms with van der Waals surface area (Å²) in [6.45, 7) is 4.05. The summed E-state index contributed by atoms with van der Waals surface area (Å²) in [7, 11) is 0.